The molecule has 23 heavy (non-hydrogen) atoms. The van der Waals surface area contributed by atoms with Crippen molar-refractivity contribution in [2.24, 2.45) is 40.4 Å². The number of carbonyl (C=O) groups is 2. The fraction of sp³-hybridized carbons (Fsp3) is 0.905. The van der Waals surface area contributed by atoms with E-state index >= 15 is 0 Å². The Balaban J connectivity index is 1.63. The highest BCUT2D eigenvalue weighted by molar-refractivity contribution is 5.80. The zero-order valence-corrected chi connectivity index (χ0v) is 15.1. The fourth-order valence-electron chi connectivity index (χ4n) is 7.71. The van der Waals surface area contributed by atoms with Crippen molar-refractivity contribution >= 4 is 11.6 Å². The molecule has 128 valence electrons. The molecule has 4 aliphatic rings. The average molecular weight is 316 g/mol. The Labute approximate surface area is 140 Å². The first-order valence-electron chi connectivity index (χ1n) is 9.88. The molecule has 0 amide bonds. The molecular formula is C21H32O2. The molecule has 0 N–H and O–H groups in total. The maximum Gasteiger partial charge on any atom is 0.133 e. The Bertz CT molecular complexity index is 538. The molecule has 4 unspecified atom stereocenters. The SMILES string of the molecule is CC(=O)C1CCC2C3CC[C@H]4CC(=O)CC[C@]4(C)C3CC[C@]12C. The smallest absolute Gasteiger partial charge is 0.133 e. The van der Waals surface area contributed by atoms with Crippen LogP contribution in [0.5, 0.6) is 0 Å². The predicted molar refractivity (Wildman–Crippen MR) is 90.9 cm³/mol. The van der Waals surface area contributed by atoms with Gasteiger partial charge in [-0.25, -0.2) is 0 Å². The van der Waals surface area contributed by atoms with Crippen molar-refractivity contribution in [3.8, 4) is 0 Å². The summed E-state index contributed by atoms with van der Waals surface area (Å²) in [6, 6.07) is 0. The normalized spacial score (nSPS) is 52.5. The van der Waals surface area contributed by atoms with Crippen molar-refractivity contribution in [1.82, 2.24) is 0 Å². The van der Waals surface area contributed by atoms with Gasteiger partial charge in [0.05, 0.1) is 0 Å². The highest BCUT2D eigenvalue weighted by Crippen LogP contribution is 2.67. The molecule has 0 aromatic carbocycles. The minimum atomic E-state index is 0.265. The van der Waals surface area contributed by atoms with Gasteiger partial charge in [-0.15, -0.1) is 0 Å². The van der Waals surface area contributed by atoms with Crippen molar-refractivity contribution in [2.45, 2.75) is 78.6 Å². The second-order valence-electron chi connectivity index (χ2n) is 9.68. The quantitative estimate of drug-likeness (QED) is 0.696. The first kappa shape index (κ1) is 15.8. The number of rotatable bonds is 1. The van der Waals surface area contributed by atoms with Gasteiger partial charge in [-0.05, 0) is 86.4 Å². The zero-order valence-electron chi connectivity index (χ0n) is 15.1. The number of fused-ring (bicyclic) bond motifs is 5. The molecule has 0 saturated heterocycles. The molecule has 2 nitrogen and oxygen atoms in total. The van der Waals surface area contributed by atoms with Crippen LogP contribution in [0.1, 0.15) is 78.6 Å². The molecule has 0 spiro atoms. The van der Waals surface area contributed by atoms with E-state index in [0.29, 0.717) is 28.8 Å². The number of hydrogen-bond acceptors (Lipinski definition) is 2. The van der Waals surface area contributed by atoms with Gasteiger partial charge in [-0.2, -0.15) is 0 Å². The summed E-state index contributed by atoms with van der Waals surface area (Å²) in [6.45, 7) is 6.74. The van der Waals surface area contributed by atoms with Crippen LogP contribution in [0.2, 0.25) is 0 Å². The van der Waals surface area contributed by atoms with Crippen molar-refractivity contribution < 1.29 is 9.59 Å². The van der Waals surface area contributed by atoms with E-state index < -0.39 is 0 Å². The standard InChI is InChI=1S/C21H32O2/c1-13(22)17-6-7-18-16-5-4-14-12-15(23)8-10-20(14,2)19(16)9-11-21(17,18)3/h14,16-19H,4-12H2,1-3H3/t14-,16?,17?,18?,19?,20-,21+/m0/s1. The van der Waals surface area contributed by atoms with Crippen LogP contribution in [0.15, 0.2) is 0 Å². The third kappa shape index (κ3) is 2.12. The lowest BCUT2D eigenvalue weighted by Crippen LogP contribution is -2.53. The molecule has 0 heterocycles. The first-order valence-corrected chi connectivity index (χ1v) is 9.88. The van der Waals surface area contributed by atoms with E-state index in [-0.39, 0.29) is 5.41 Å². The highest BCUT2D eigenvalue weighted by Gasteiger charge is 2.60. The molecule has 0 aromatic rings. The van der Waals surface area contributed by atoms with Crippen molar-refractivity contribution in [2.75, 3.05) is 0 Å². The van der Waals surface area contributed by atoms with Crippen LogP contribution in [0.4, 0.5) is 0 Å². The molecule has 7 atom stereocenters. The van der Waals surface area contributed by atoms with Gasteiger partial charge in [0.15, 0.2) is 0 Å². The van der Waals surface area contributed by atoms with Crippen molar-refractivity contribution in [3.63, 3.8) is 0 Å². The molecule has 0 aliphatic heterocycles. The first-order chi connectivity index (χ1) is 10.9. The monoisotopic (exact) mass is 316 g/mol. The Morgan fingerprint density at radius 2 is 1.70 bits per heavy atom. The van der Waals surface area contributed by atoms with E-state index in [1.165, 1.54) is 32.1 Å². The van der Waals surface area contributed by atoms with E-state index in [0.717, 1.165) is 43.4 Å². The molecule has 0 aromatic heterocycles. The Morgan fingerprint density at radius 1 is 0.957 bits per heavy atom. The van der Waals surface area contributed by atoms with Crippen LogP contribution in [0.3, 0.4) is 0 Å². The highest BCUT2D eigenvalue weighted by atomic mass is 16.1. The lowest BCUT2D eigenvalue weighted by Gasteiger charge is -2.60. The third-order valence-corrected chi connectivity index (χ3v) is 8.97. The van der Waals surface area contributed by atoms with Crippen LogP contribution in [0.25, 0.3) is 0 Å². The Hall–Kier alpha value is -0.660. The van der Waals surface area contributed by atoms with Crippen LogP contribution in [-0.2, 0) is 9.59 Å². The summed E-state index contributed by atoms with van der Waals surface area (Å²) in [6.07, 6.45) is 10.3. The summed E-state index contributed by atoms with van der Waals surface area (Å²) in [5, 5.41) is 0. The third-order valence-electron chi connectivity index (χ3n) is 8.97. The number of carbonyl (C=O) groups excluding carboxylic acids is 2. The average Bonchev–Trinajstić information content (AvgIpc) is 2.85. The summed E-state index contributed by atoms with van der Waals surface area (Å²) in [5.41, 5.74) is 0.660. The number of Topliss-reactive ketones (excluding diaryl/α,β-unsaturated/α-hetero) is 2. The summed E-state index contributed by atoms with van der Waals surface area (Å²) in [5.74, 6) is 4.25. The van der Waals surface area contributed by atoms with Crippen LogP contribution < -0.4 is 0 Å². The number of hydrogen-bond donors (Lipinski definition) is 0. The Morgan fingerprint density at radius 3 is 2.43 bits per heavy atom. The Kier molecular flexibility index (Phi) is 3.56. The molecule has 2 heteroatoms. The van der Waals surface area contributed by atoms with Gasteiger partial charge in [0.2, 0.25) is 0 Å². The zero-order chi connectivity index (χ0) is 16.4. The molecular weight excluding hydrogens is 284 g/mol. The van der Waals surface area contributed by atoms with Gasteiger partial charge < -0.3 is 0 Å². The lowest BCUT2D eigenvalue weighted by atomic mass is 9.44. The molecule has 4 rings (SSSR count). The lowest BCUT2D eigenvalue weighted by molar-refractivity contribution is -0.143. The van der Waals surface area contributed by atoms with Crippen LogP contribution >= 0.6 is 0 Å². The van der Waals surface area contributed by atoms with E-state index in [1.54, 1.807) is 0 Å². The predicted octanol–water partition coefficient (Wildman–Crippen LogP) is 4.80. The topological polar surface area (TPSA) is 34.1 Å². The largest absolute Gasteiger partial charge is 0.300 e. The molecule has 4 saturated carbocycles. The minimum absolute atomic E-state index is 0.265. The summed E-state index contributed by atoms with van der Waals surface area (Å²) in [7, 11) is 0. The molecule has 4 aliphatic carbocycles. The van der Waals surface area contributed by atoms with Crippen LogP contribution in [0, 0.1) is 40.4 Å². The fourth-order valence-corrected chi connectivity index (χ4v) is 7.71. The van der Waals surface area contributed by atoms with E-state index in [2.05, 4.69) is 13.8 Å². The maximum atomic E-state index is 12.2. The molecule has 4 fully saturated rings. The van der Waals surface area contributed by atoms with Gasteiger partial charge in [0.25, 0.3) is 0 Å². The maximum absolute atomic E-state index is 12.2. The minimum Gasteiger partial charge on any atom is -0.300 e. The van der Waals surface area contributed by atoms with E-state index in [1.807, 2.05) is 6.92 Å². The van der Waals surface area contributed by atoms with Crippen molar-refractivity contribution in [3.05, 3.63) is 0 Å². The van der Waals surface area contributed by atoms with Gasteiger partial charge in [-0.3, -0.25) is 9.59 Å². The second-order valence-corrected chi connectivity index (χ2v) is 9.68. The van der Waals surface area contributed by atoms with E-state index in [9.17, 15) is 9.59 Å². The van der Waals surface area contributed by atoms with Crippen molar-refractivity contribution in [1.29, 1.82) is 0 Å². The summed E-state index contributed by atoms with van der Waals surface area (Å²) < 4.78 is 0. The molecule has 0 radical (unpaired) electrons. The summed E-state index contributed by atoms with van der Waals surface area (Å²) in [4.78, 5) is 24.1. The summed E-state index contributed by atoms with van der Waals surface area (Å²) >= 11 is 0. The molecule has 0 bridgehead atoms. The van der Waals surface area contributed by atoms with Gasteiger partial charge in [0, 0.05) is 18.8 Å². The van der Waals surface area contributed by atoms with Gasteiger partial charge >= 0.3 is 0 Å². The number of ketones is 2. The van der Waals surface area contributed by atoms with Gasteiger partial charge in [-0.1, -0.05) is 13.8 Å². The van der Waals surface area contributed by atoms with Gasteiger partial charge in [0.1, 0.15) is 11.6 Å². The van der Waals surface area contributed by atoms with Crippen LogP contribution in [-0.4, -0.2) is 11.6 Å². The second kappa shape index (κ2) is 5.17. The van der Waals surface area contributed by atoms with E-state index in [4.69, 9.17) is 0 Å².